The summed E-state index contributed by atoms with van der Waals surface area (Å²) >= 11 is 0. The zero-order valence-corrected chi connectivity index (χ0v) is 13.8. The summed E-state index contributed by atoms with van der Waals surface area (Å²) in [6.45, 7) is 0. The number of nitrogens with zero attached hydrogens (tertiary/aromatic N) is 3. The molecule has 0 spiro atoms. The third-order valence-corrected chi connectivity index (χ3v) is 3.84. The van der Waals surface area contributed by atoms with Crippen LogP contribution in [0.2, 0.25) is 0 Å². The molecule has 0 saturated heterocycles. The van der Waals surface area contributed by atoms with E-state index in [2.05, 4.69) is 10.1 Å². The van der Waals surface area contributed by atoms with E-state index in [1.165, 1.54) is 0 Å². The van der Waals surface area contributed by atoms with Crippen molar-refractivity contribution in [3.63, 3.8) is 0 Å². The molecule has 0 saturated carbocycles. The molecule has 5 heteroatoms. The number of esters is 1. The molecule has 0 atom stereocenters. The third kappa shape index (κ3) is 3.23. The predicted molar refractivity (Wildman–Crippen MR) is 98.2 cm³/mol. The van der Waals surface area contributed by atoms with Crippen molar-refractivity contribution in [2.75, 3.05) is 0 Å². The van der Waals surface area contributed by atoms with Gasteiger partial charge in [0.05, 0.1) is 5.69 Å². The molecule has 26 heavy (non-hydrogen) atoms. The summed E-state index contributed by atoms with van der Waals surface area (Å²) in [5, 5.41) is 4.59. The van der Waals surface area contributed by atoms with Gasteiger partial charge in [-0.1, -0.05) is 36.4 Å². The van der Waals surface area contributed by atoms with Gasteiger partial charge in [0, 0.05) is 24.2 Å². The summed E-state index contributed by atoms with van der Waals surface area (Å²) in [6, 6.07) is 22.3. The number of carbonyl (C=O) groups excluding carboxylic acids is 1. The van der Waals surface area contributed by atoms with Gasteiger partial charge >= 0.3 is 5.97 Å². The lowest BCUT2D eigenvalue weighted by Crippen LogP contribution is -2.08. The maximum Gasteiger partial charge on any atom is 0.347 e. The predicted octanol–water partition coefficient (Wildman–Crippen LogP) is 4.15. The van der Waals surface area contributed by atoms with Gasteiger partial charge in [-0.2, -0.15) is 5.10 Å². The molecule has 4 aromatic rings. The van der Waals surface area contributed by atoms with Gasteiger partial charge in [-0.3, -0.25) is 4.98 Å². The molecule has 2 heterocycles. The van der Waals surface area contributed by atoms with Crippen LogP contribution in [0.25, 0.3) is 16.9 Å². The van der Waals surface area contributed by atoms with Crippen molar-refractivity contribution in [1.29, 1.82) is 0 Å². The first-order valence-electron chi connectivity index (χ1n) is 8.14. The highest BCUT2D eigenvalue weighted by atomic mass is 16.5. The molecule has 2 aromatic heterocycles. The number of ether oxygens (including phenoxy) is 1. The van der Waals surface area contributed by atoms with E-state index in [-0.39, 0.29) is 0 Å². The van der Waals surface area contributed by atoms with E-state index < -0.39 is 5.97 Å². The molecule has 126 valence electrons. The number of benzene rings is 2. The quantitative estimate of drug-likeness (QED) is 0.413. The van der Waals surface area contributed by atoms with Crippen molar-refractivity contribution >= 4 is 5.97 Å². The summed E-state index contributed by atoms with van der Waals surface area (Å²) in [6.07, 6.45) is 5.04. The summed E-state index contributed by atoms with van der Waals surface area (Å²) in [5.41, 5.74) is 2.52. The van der Waals surface area contributed by atoms with Crippen LogP contribution in [-0.2, 0) is 0 Å². The van der Waals surface area contributed by atoms with Crippen molar-refractivity contribution in [1.82, 2.24) is 14.8 Å². The number of pyridine rings is 1. The van der Waals surface area contributed by atoms with Crippen LogP contribution in [0.1, 0.15) is 10.4 Å². The summed E-state index contributed by atoms with van der Waals surface area (Å²) in [4.78, 5) is 16.9. The standard InChI is InChI=1S/C21H15N3O2/c25-21(26-18-11-5-2-6-12-18)19-15-24(17-9-3-1-4-10-17)23-20(19)16-8-7-13-22-14-16/h1-15H. The number of hydrogen-bond acceptors (Lipinski definition) is 4. The first-order chi connectivity index (χ1) is 12.8. The van der Waals surface area contributed by atoms with Crippen molar-refractivity contribution in [2.45, 2.75) is 0 Å². The van der Waals surface area contributed by atoms with E-state index >= 15 is 0 Å². The van der Waals surface area contributed by atoms with E-state index in [0.29, 0.717) is 17.0 Å². The number of hydrogen-bond donors (Lipinski definition) is 0. The molecule has 0 fully saturated rings. The van der Waals surface area contributed by atoms with E-state index in [4.69, 9.17) is 4.74 Å². The molecular weight excluding hydrogens is 326 g/mol. The Bertz CT molecular complexity index is 1010. The Morgan fingerprint density at radius 3 is 2.31 bits per heavy atom. The van der Waals surface area contributed by atoms with E-state index in [9.17, 15) is 4.79 Å². The van der Waals surface area contributed by atoms with Gasteiger partial charge < -0.3 is 4.74 Å². The van der Waals surface area contributed by atoms with Crippen LogP contribution in [0.3, 0.4) is 0 Å². The molecule has 0 aliphatic rings. The van der Waals surface area contributed by atoms with Gasteiger partial charge in [-0.05, 0) is 36.4 Å². The molecule has 0 unspecified atom stereocenters. The second-order valence-electron chi connectivity index (χ2n) is 5.62. The molecule has 2 aromatic carbocycles. The lowest BCUT2D eigenvalue weighted by atomic mass is 10.1. The fourth-order valence-electron chi connectivity index (χ4n) is 2.60. The van der Waals surface area contributed by atoms with E-state index in [1.54, 1.807) is 35.4 Å². The summed E-state index contributed by atoms with van der Waals surface area (Å²) < 4.78 is 7.17. The zero-order valence-electron chi connectivity index (χ0n) is 13.8. The lowest BCUT2D eigenvalue weighted by molar-refractivity contribution is 0.0735. The van der Waals surface area contributed by atoms with Crippen LogP contribution >= 0.6 is 0 Å². The maximum atomic E-state index is 12.8. The SMILES string of the molecule is O=C(Oc1ccccc1)c1cn(-c2ccccc2)nc1-c1cccnc1. The van der Waals surface area contributed by atoms with E-state index in [0.717, 1.165) is 11.3 Å². The van der Waals surface area contributed by atoms with Crippen molar-refractivity contribution < 1.29 is 9.53 Å². The Morgan fingerprint density at radius 2 is 1.62 bits per heavy atom. The summed E-state index contributed by atoms with van der Waals surface area (Å²) in [5.74, 6) is 0.0272. The topological polar surface area (TPSA) is 57.0 Å². The monoisotopic (exact) mass is 341 g/mol. The molecule has 0 aliphatic heterocycles. The molecular formula is C21H15N3O2. The second kappa shape index (κ2) is 7.03. The van der Waals surface area contributed by atoms with E-state index in [1.807, 2.05) is 60.7 Å². The van der Waals surface area contributed by atoms with Crippen molar-refractivity contribution in [3.8, 4) is 22.7 Å². The third-order valence-electron chi connectivity index (χ3n) is 3.84. The second-order valence-corrected chi connectivity index (χ2v) is 5.62. The van der Waals surface area contributed by atoms with Gasteiger partial charge in [0.2, 0.25) is 0 Å². The molecule has 4 rings (SSSR count). The minimum atomic E-state index is -0.461. The fraction of sp³-hybridized carbons (Fsp3) is 0. The Balaban J connectivity index is 1.77. The van der Waals surface area contributed by atoms with Gasteiger partial charge in [-0.25, -0.2) is 9.48 Å². The van der Waals surface area contributed by atoms with Gasteiger partial charge in [0.1, 0.15) is 17.0 Å². The highest BCUT2D eigenvalue weighted by molar-refractivity contribution is 5.97. The zero-order chi connectivity index (χ0) is 17.8. The van der Waals surface area contributed by atoms with Crippen LogP contribution in [-0.4, -0.2) is 20.7 Å². The van der Waals surface area contributed by atoms with Crippen LogP contribution in [0.15, 0.2) is 91.4 Å². The first-order valence-corrected chi connectivity index (χ1v) is 8.14. The van der Waals surface area contributed by atoms with Crippen LogP contribution in [0.5, 0.6) is 5.75 Å². The van der Waals surface area contributed by atoms with Crippen LogP contribution < -0.4 is 4.74 Å². The summed E-state index contributed by atoms with van der Waals surface area (Å²) in [7, 11) is 0. The smallest absolute Gasteiger partial charge is 0.347 e. The van der Waals surface area contributed by atoms with Gasteiger partial charge in [0.15, 0.2) is 0 Å². The number of carbonyl (C=O) groups is 1. The van der Waals surface area contributed by atoms with Crippen molar-refractivity contribution in [2.24, 2.45) is 0 Å². The van der Waals surface area contributed by atoms with Crippen LogP contribution in [0, 0.1) is 0 Å². The van der Waals surface area contributed by atoms with Crippen LogP contribution in [0.4, 0.5) is 0 Å². The largest absolute Gasteiger partial charge is 0.423 e. The van der Waals surface area contributed by atoms with Crippen molar-refractivity contribution in [3.05, 3.63) is 97.0 Å². The molecule has 0 amide bonds. The first kappa shape index (κ1) is 15.8. The minimum Gasteiger partial charge on any atom is -0.423 e. The normalized spacial score (nSPS) is 10.5. The number of rotatable bonds is 4. The Morgan fingerprint density at radius 1 is 0.885 bits per heavy atom. The Kier molecular flexibility index (Phi) is 4.26. The lowest BCUT2D eigenvalue weighted by Gasteiger charge is -2.04. The fourth-order valence-corrected chi connectivity index (χ4v) is 2.60. The van der Waals surface area contributed by atoms with Gasteiger partial charge in [-0.15, -0.1) is 0 Å². The molecule has 0 aliphatic carbocycles. The molecule has 5 nitrogen and oxygen atoms in total. The highest BCUT2D eigenvalue weighted by Crippen LogP contribution is 2.24. The highest BCUT2D eigenvalue weighted by Gasteiger charge is 2.20. The maximum absolute atomic E-state index is 12.8. The average molecular weight is 341 g/mol. The Labute approximate surface area is 150 Å². The number of para-hydroxylation sites is 2. The van der Waals surface area contributed by atoms with Gasteiger partial charge in [0.25, 0.3) is 0 Å². The molecule has 0 radical (unpaired) electrons. The number of aromatic nitrogens is 3. The Hall–Kier alpha value is -3.73. The molecule has 0 bridgehead atoms. The molecule has 0 N–H and O–H groups in total. The minimum absolute atomic E-state index is 0.380. The average Bonchev–Trinajstić information content (AvgIpc) is 3.16.